The number of sulfone groups is 1. The molecule has 31 heavy (non-hydrogen) atoms. The maximum atomic E-state index is 13.7. The molecule has 1 aliphatic rings. The number of nitrogens with one attached hydrogen (secondary N) is 2. The third-order valence-corrected chi connectivity index (χ3v) is 5.74. The van der Waals surface area contributed by atoms with Gasteiger partial charge in [-0.3, -0.25) is 4.79 Å². The number of guanidine groups is 1. The second-order valence-electron chi connectivity index (χ2n) is 7.65. The van der Waals surface area contributed by atoms with E-state index in [9.17, 15) is 17.6 Å². The molecule has 0 aromatic heterocycles. The van der Waals surface area contributed by atoms with Crippen LogP contribution in [0.3, 0.4) is 0 Å². The highest BCUT2D eigenvalue weighted by Crippen LogP contribution is 2.16. The molecule has 0 spiro atoms. The highest BCUT2D eigenvalue weighted by Gasteiger charge is 2.15. The maximum Gasteiger partial charge on any atom is 0.222 e. The number of carbonyl (C=O) groups is 1. The lowest BCUT2D eigenvalue weighted by atomic mass is 10.1. The van der Waals surface area contributed by atoms with Crippen LogP contribution < -0.4 is 10.6 Å². The quantitative estimate of drug-likeness (QED) is 0.207. The van der Waals surface area contributed by atoms with Gasteiger partial charge in [-0.2, -0.15) is 0 Å². The lowest BCUT2D eigenvalue weighted by molar-refractivity contribution is -0.130. The number of hydrogen-bond acceptors (Lipinski definition) is 4. The smallest absolute Gasteiger partial charge is 0.222 e. The van der Waals surface area contributed by atoms with Crippen LogP contribution in [-0.2, 0) is 26.9 Å². The Morgan fingerprint density at radius 1 is 1.19 bits per heavy atom. The topological polar surface area (TPSA) is 90.9 Å². The summed E-state index contributed by atoms with van der Waals surface area (Å²) in [6.45, 7) is 4.97. The summed E-state index contributed by atoms with van der Waals surface area (Å²) >= 11 is 0. The average Bonchev–Trinajstić information content (AvgIpc) is 2.88. The Hall–Kier alpha value is -1.43. The minimum Gasteiger partial charge on any atom is -0.357 e. The van der Waals surface area contributed by atoms with E-state index in [0.717, 1.165) is 38.5 Å². The summed E-state index contributed by atoms with van der Waals surface area (Å²) in [6.07, 6.45) is 5.75. The van der Waals surface area contributed by atoms with Crippen LogP contribution in [0.25, 0.3) is 0 Å². The third kappa shape index (κ3) is 10.6. The van der Waals surface area contributed by atoms with Crippen molar-refractivity contribution in [1.29, 1.82) is 0 Å². The molecule has 0 aliphatic carbocycles. The zero-order valence-electron chi connectivity index (χ0n) is 18.3. The van der Waals surface area contributed by atoms with E-state index in [1.54, 1.807) is 0 Å². The molecule has 1 fully saturated rings. The molecule has 0 bridgehead atoms. The minimum absolute atomic E-state index is 0. The number of hydrogen-bond donors (Lipinski definition) is 2. The molecular weight excluding hydrogens is 534 g/mol. The highest BCUT2D eigenvalue weighted by atomic mass is 127. The molecule has 1 amide bonds. The Morgan fingerprint density at radius 2 is 1.97 bits per heavy atom. The van der Waals surface area contributed by atoms with Gasteiger partial charge in [-0.05, 0) is 49.4 Å². The van der Waals surface area contributed by atoms with Crippen LogP contribution in [-0.4, -0.2) is 57.6 Å². The Balaban J connectivity index is 0.00000480. The van der Waals surface area contributed by atoms with Crippen LogP contribution >= 0.6 is 24.0 Å². The molecule has 2 N–H and O–H groups in total. The summed E-state index contributed by atoms with van der Waals surface area (Å²) in [6, 6.07) is 4.10. The summed E-state index contributed by atoms with van der Waals surface area (Å²) < 4.78 is 37.0. The van der Waals surface area contributed by atoms with E-state index in [2.05, 4.69) is 15.6 Å². The zero-order chi connectivity index (χ0) is 22.0. The van der Waals surface area contributed by atoms with E-state index in [4.69, 9.17) is 0 Å². The van der Waals surface area contributed by atoms with E-state index in [1.807, 2.05) is 11.8 Å². The third-order valence-electron chi connectivity index (χ3n) is 4.91. The van der Waals surface area contributed by atoms with Crippen molar-refractivity contribution in [2.24, 2.45) is 4.99 Å². The van der Waals surface area contributed by atoms with Crippen LogP contribution in [0.1, 0.15) is 50.2 Å². The first kappa shape index (κ1) is 27.6. The Kier molecular flexibility index (Phi) is 12.3. The van der Waals surface area contributed by atoms with Gasteiger partial charge in [-0.15, -0.1) is 24.0 Å². The van der Waals surface area contributed by atoms with Crippen molar-refractivity contribution in [2.75, 3.05) is 32.4 Å². The van der Waals surface area contributed by atoms with Crippen molar-refractivity contribution >= 4 is 45.7 Å². The molecule has 2 rings (SSSR count). The van der Waals surface area contributed by atoms with Gasteiger partial charge in [0, 0.05) is 38.9 Å². The molecule has 1 aromatic rings. The number of aliphatic imine (C=N–C) groups is 1. The predicted molar refractivity (Wildman–Crippen MR) is 133 cm³/mol. The SMILES string of the molecule is CCNC(=NCc1cc(F)ccc1CS(C)(=O)=O)NCCCN1CCCCCC1=O.I. The largest absolute Gasteiger partial charge is 0.357 e. The van der Waals surface area contributed by atoms with Gasteiger partial charge in [0.05, 0.1) is 12.3 Å². The van der Waals surface area contributed by atoms with Crippen LogP contribution in [0.15, 0.2) is 23.2 Å². The van der Waals surface area contributed by atoms with E-state index >= 15 is 0 Å². The number of likely N-dealkylation sites (tertiary alicyclic amines) is 1. The van der Waals surface area contributed by atoms with E-state index in [1.165, 1.54) is 18.2 Å². The van der Waals surface area contributed by atoms with Crippen LogP contribution in [0.4, 0.5) is 4.39 Å². The van der Waals surface area contributed by atoms with Crippen LogP contribution in [0.2, 0.25) is 0 Å². The number of carbonyl (C=O) groups excluding carboxylic acids is 1. The Bertz CT molecular complexity index is 849. The van der Waals surface area contributed by atoms with Crippen molar-refractivity contribution in [3.8, 4) is 0 Å². The number of amides is 1. The van der Waals surface area contributed by atoms with Gasteiger partial charge in [-0.1, -0.05) is 12.5 Å². The van der Waals surface area contributed by atoms with Crippen molar-refractivity contribution in [2.45, 2.75) is 51.3 Å². The molecule has 1 heterocycles. The first-order chi connectivity index (χ1) is 14.3. The number of rotatable bonds is 9. The molecule has 176 valence electrons. The Morgan fingerprint density at radius 3 is 2.68 bits per heavy atom. The van der Waals surface area contributed by atoms with Crippen LogP contribution in [0, 0.1) is 5.82 Å². The van der Waals surface area contributed by atoms with Crippen molar-refractivity contribution in [3.63, 3.8) is 0 Å². The second-order valence-corrected chi connectivity index (χ2v) is 9.79. The van der Waals surface area contributed by atoms with E-state index < -0.39 is 15.7 Å². The standard InChI is InChI=1S/C21H33FN4O3S.HI/c1-3-23-21(24-11-7-13-26-12-6-4-5-8-20(26)27)25-15-18-14-19(22)10-9-17(18)16-30(2,28)29;/h9-10,14H,3-8,11-13,15-16H2,1-2H3,(H2,23,24,25);1H. The fourth-order valence-electron chi connectivity index (χ4n) is 3.42. The normalized spacial score (nSPS) is 15.3. The molecule has 1 saturated heterocycles. The number of benzene rings is 1. The van der Waals surface area contributed by atoms with Crippen LogP contribution in [0.5, 0.6) is 0 Å². The summed E-state index contributed by atoms with van der Waals surface area (Å²) in [5, 5.41) is 6.37. The van der Waals surface area contributed by atoms with Crippen molar-refractivity contribution in [1.82, 2.24) is 15.5 Å². The molecule has 0 atom stereocenters. The van der Waals surface area contributed by atoms with Crippen molar-refractivity contribution < 1.29 is 17.6 Å². The fraction of sp³-hybridized carbons (Fsp3) is 0.619. The fourth-order valence-corrected chi connectivity index (χ4v) is 4.27. The van der Waals surface area contributed by atoms with Gasteiger partial charge < -0.3 is 15.5 Å². The predicted octanol–water partition coefficient (Wildman–Crippen LogP) is 2.84. The lowest BCUT2D eigenvalue weighted by Crippen LogP contribution is -2.39. The summed E-state index contributed by atoms with van der Waals surface area (Å²) in [5.41, 5.74) is 1.10. The van der Waals surface area contributed by atoms with Gasteiger partial charge in [0.25, 0.3) is 0 Å². The molecule has 0 radical (unpaired) electrons. The maximum absolute atomic E-state index is 13.7. The molecule has 1 aromatic carbocycles. The molecule has 10 heteroatoms. The molecule has 0 unspecified atom stereocenters. The second kappa shape index (κ2) is 13.9. The van der Waals surface area contributed by atoms with E-state index in [-0.39, 0.29) is 42.2 Å². The van der Waals surface area contributed by atoms with Crippen molar-refractivity contribution in [3.05, 3.63) is 35.1 Å². The Labute approximate surface area is 202 Å². The minimum atomic E-state index is -3.23. The molecule has 1 aliphatic heterocycles. The van der Waals surface area contributed by atoms with E-state index in [0.29, 0.717) is 43.1 Å². The summed E-state index contributed by atoms with van der Waals surface area (Å²) in [5.74, 6) is 0.246. The van der Waals surface area contributed by atoms with Gasteiger partial charge in [0.2, 0.25) is 5.91 Å². The highest BCUT2D eigenvalue weighted by molar-refractivity contribution is 14.0. The summed E-state index contributed by atoms with van der Waals surface area (Å²) in [4.78, 5) is 18.5. The molecule has 7 nitrogen and oxygen atoms in total. The number of nitrogens with zero attached hydrogens (tertiary/aromatic N) is 2. The summed E-state index contributed by atoms with van der Waals surface area (Å²) in [7, 11) is -3.23. The van der Waals surface area contributed by atoms with Gasteiger partial charge in [-0.25, -0.2) is 17.8 Å². The van der Waals surface area contributed by atoms with Gasteiger partial charge in [0.1, 0.15) is 5.82 Å². The lowest BCUT2D eigenvalue weighted by Gasteiger charge is -2.20. The van der Waals surface area contributed by atoms with Gasteiger partial charge in [0.15, 0.2) is 15.8 Å². The average molecular weight is 568 g/mol. The first-order valence-corrected chi connectivity index (χ1v) is 12.6. The zero-order valence-corrected chi connectivity index (χ0v) is 21.5. The van der Waals surface area contributed by atoms with Gasteiger partial charge >= 0.3 is 0 Å². The molecular formula is C21H34FIN4O3S. The monoisotopic (exact) mass is 568 g/mol. The first-order valence-electron chi connectivity index (χ1n) is 10.5. The number of halogens is 2. The molecule has 0 saturated carbocycles.